The standard InChI is InChI=1S/C11H24N2O2/c1-9(2)10(6-8-14)12-11(15)5-7-13(3)4/h9-10,14H,5-8H2,1-4H3,(H,12,15). The lowest BCUT2D eigenvalue weighted by molar-refractivity contribution is -0.122. The van der Waals surface area contributed by atoms with E-state index in [-0.39, 0.29) is 18.6 Å². The zero-order chi connectivity index (χ0) is 11.8. The van der Waals surface area contributed by atoms with Crippen LogP contribution in [0.4, 0.5) is 0 Å². The first-order chi connectivity index (χ1) is 6.97. The SMILES string of the molecule is CC(C)C(CCO)NC(=O)CCN(C)C. The van der Waals surface area contributed by atoms with Gasteiger partial charge in [-0.05, 0) is 26.4 Å². The molecule has 1 amide bonds. The van der Waals surface area contributed by atoms with Gasteiger partial charge in [0.25, 0.3) is 0 Å². The Balaban J connectivity index is 3.89. The van der Waals surface area contributed by atoms with Gasteiger partial charge in [-0.3, -0.25) is 4.79 Å². The lowest BCUT2D eigenvalue weighted by atomic mass is 10.0. The Kier molecular flexibility index (Phi) is 7.34. The number of hydrogen-bond donors (Lipinski definition) is 2. The van der Waals surface area contributed by atoms with E-state index >= 15 is 0 Å². The number of rotatable bonds is 7. The molecule has 0 rings (SSSR count). The number of nitrogens with zero attached hydrogens (tertiary/aromatic N) is 1. The van der Waals surface area contributed by atoms with Crippen LogP contribution in [0.25, 0.3) is 0 Å². The summed E-state index contributed by atoms with van der Waals surface area (Å²) < 4.78 is 0. The molecule has 0 aromatic heterocycles. The molecule has 0 aliphatic rings. The summed E-state index contributed by atoms with van der Waals surface area (Å²) in [5.74, 6) is 0.427. The van der Waals surface area contributed by atoms with Crippen molar-refractivity contribution in [3.05, 3.63) is 0 Å². The molecule has 15 heavy (non-hydrogen) atoms. The quantitative estimate of drug-likeness (QED) is 0.650. The number of aliphatic hydroxyl groups is 1. The van der Waals surface area contributed by atoms with E-state index in [4.69, 9.17) is 5.11 Å². The summed E-state index contributed by atoms with van der Waals surface area (Å²) in [6.07, 6.45) is 1.15. The van der Waals surface area contributed by atoms with Crippen molar-refractivity contribution in [3.8, 4) is 0 Å². The third kappa shape index (κ3) is 7.33. The molecule has 2 N–H and O–H groups in total. The number of amides is 1. The molecule has 0 saturated heterocycles. The predicted octanol–water partition coefficient (Wildman–Crippen LogP) is 0.461. The van der Waals surface area contributed by atoms with Crippen LogP contribution in [-0.4, -0.2) is 49.2 Å². The maximum Gasteiger partial charge on any atom is 0.221 e. The fourth-order valence-electron chi connectivity index (χ4n) is 1.32. The van der Waals surface area contributed by atoms with Gasteiger partial charge in [-0.2, -0.15) is 0 Å². The second-order valence-corrected chi connectivity index (χ2v) is 4.48. The van der Waals surface area contributed by atoms with E-state index in [9.17, 15) is 4.79 Å². The van der Waals surface area contributed by atoms with Gasteiger partial charge in [-0.25, -0.2) is 0 Å². The molecule has 1 unspecified atom stereocenters. The summed E-state index contributed by atoms with van der Waals surface area (Å²) in [5.41, 5.74) is 0. The Bertz CT molecular complexity index is 181. The zero-order valence-corrected chi connectivity index (χ0v) is 10.3. The van der Waals surface area contributed by atoms with E-state index in [1.54, 1.807) is 0 Å². The minimum Gasteiger partial charge on any atom is -0.396 e. The number of carbonyl (C=O) groups is 1. The van der Waals surface area contributed by atoms with Crippen molar-refractivity contribution in [1.82, 2.24) is 10.2 Å². The largest absolute Gasteiger partial charge is 0.396 e. The van der Waals surface area contributed by atoms with Crippen molar-refractivity contribution < 1.29 is 9.90 Å². The highest BCUT2D eigenvalue weighted by Gasteiger charge is 2.15. The molecular formula is C11H24N2O2. The molecule has 0 fully saturated rings. The van der Waals surface area contributed by atoms with Crippen molar-refractivity contribution in [3.63, 3.8) is 0 Å². The van der Waals surface area contributed by atoms with Crippen LogP contribution >= 0.6 is 0 Å². The zero-order valence-electron chi connectivity index (χ0n) is 10.3. The third-order valence-corrected chi connectivity index (χ3v) is 2.38. The summed E-state index contributed by atoms with van der Waals surface area (Å²) >= 11 is 0. The van der Waals surface area contributed by atoms with Gasteiger partial charge in [-0.1, -0.05) is 13.8 Å². The van der Waals surface area contributed by atoms with E-state index in [2.05, 4.69) is 5.32 Å². The highest BCUT2D eigenvalue weighted by Crippen LogP contribution is 2.05. The van der Waals surface area contributed by atoms with Crippen molar-refractivity contribution in [2.24, 2.45) is 5.92 Å². The number of hydrogen-bond acceptors (Lipinski definition) is 3. The van der Waals surface area contributed by atoms with Crippen LogP contribution in [0.1, 0.15) is 26.7 Å². The highest BCUT2D eigenvalue weighted by molar-refractivity contribution is 5.76. The van der Waals surface area contributed by atoms with Crippen molar-refractivity contribution >= 4 is 5.91 Å². The van der Waals surface area contributed by atoms with E-state index in [0.717, 1.165) is 6.54 Å². The molecular weight excluding hydrogens is 192 g/mol. The molecule has 0 aliphatic heterocycles. The summed E-state index contributed by atoms with van der Waals surface area (Å²) in [6, 6.07) is 0.0877. The third-order valence-electron chi connectivity index (χ3n) is 2.38. The molecule has 0 radical (unpaired) electrons. The van der Waals surface area contributed by atoms with Gasteiger partial charge < -0.3 is 15.3 Å². The van der Waals surface area contributed by atoms with Crippen molar-refractivity contribution in [2.45, 2.75) is 32.7 Å². The minimum absolute atomic E-state index is 0.0656. The Morgan fingerprint density at radius 1 is 1.40 bits per heavy atom. The van der Waals surface area contributed by atoms with E-state index in [1.165, 1.54) is 0 Å². The average molecular weight is 216 g/mol. The van der Waals surface area contributed by atoms with Gasteiger partial charge in [0.2, 0.25) is 5.91 Å². The van der Waals surface area contributed by atoms with E-state index in [1.807, 2.05) is 32.8 Å². The Hall–Kier alpha value is -0.610. The molecule has 4 heteroatoms. The molecule has 0 aliphatic carbocycles. The highest BCUT2D eigenvalue weighted by atomic mass is 16.3. The fourth-order valence-corrected chi connectivity index (χ4v) is 1.32. The first-order valence-electron chi connectivity index (χ1n) is 5.52. The van der Waals surface area contributed by atoms with Crippen LogP contribution in [0, 0.1) is 5.92 Å². The molecule has 0 aromatic rings. The van der Waals surface area contributed by atoms with Crippen LogP contribution in [0.15, 0.2) is 0 Å². The minimum atomic E-state index is 0.0656. The van der Waals surface area contributed by atoms with Gasteiger partial charge in [0, 0.05) is 25.6 Å². The molecule has 4 nitrogen and oxygen atoms in total. The second kappa shape index (κ2) is 7.65. The Labute approximate surface area is 92.7 Å². The number of carbonyl (C=O) groups excluding carboxylic acids is 1. The number of aliphatic hydroxyl groups excluding tert-OH is 1. The monoisotopic (exact) mass is 216 g/mol. The molecule has 0 spiro atoms. The van der Waals surface area contributed by atoms with E-state index < -0.39 is 0 Å². The van der Waals surface area contributed by atoms with Crippen LogP contribution in [0.2, 0.25) is 0 Å². The lowest BCUT2D eigenvalue weighted by Crippen LogP contribution is -2.40. The lowest BCUT2D eigenvalue weighted by Gasteiger charge is -2.22. The van der Waals surface area contributed by atoms with Gasteiger partial charge in [0.1, 0.15) is 0 Å². The topological polar surface area (TPSA) is 52.6 Å². The predicted molar refractivity (Wildman–Crippen MR) is 61.6 cm³/mol. The summed E-state index contributed by atoms with van der Waals surface area (Å²) in [4.78, 5) is 13.5. The molecule has 0 saturated carbocycles. The Morgan fingerprint density at radius 3 is 2.40 bits per heavy atom. The van der Waals surface area contributed by atoms with Gasteiger partial charge in [-0.15, -0.1) is 0 Å². The maximum absolute atomic E-state index is 11.5. The fraction of sp³-hybridized carbons (Fsp3) is 0.909. The maximum atomic E-state index is 11.5. The first kappa shape index (κ1) is 14.4. The van der Waals surface area contributed by atoms with E-state index in [0.29, 0.717) is 18.8 Å². The van der Waals surface area contributed by atoms with Crippen LogP contribution in [0.3, 0.4) is 0 Å². The normalized spacial score (nSPS) is 13.3. The smallest absolute Gasteiger partial charge is 0.221 e. The Morgan fingerprint density at radius 2 is 2.00 bits per heavy atom. The molecule has 90 valence electrons. The summed E-state index contributed by atoms with van der Waals surface area (Å²) in [5, 5.41) is 11.8. The van der Waals surface area contributed by atoms with Gasteiger partial charge in [0.15, 0.2) is 0 Å². The van der Waals surface area contributed by atoms with Crippen molar-refractivity contribution in [1.29, 1.82) is 0 Å². The summed E-state index contributed by atoms with van der Waals surface area (Å²) in [7, 11) is 3.89. The van der Waals surface area contributed by atoms with Crippen molar-refractivity contribution in [2.75, 3.05) is 27.2 Å². The molecule has 0 aromatic carbocycles. The molecule has 1 atom stereocenters. The van der Waals surface area contributed by atoms with Crippen LogP contribution < -0.4 is 5.32 Å². The van der Waals surface area contributed by atoms with Crippen LogP contribution in [-0.2, 0) is 4.79 Å². The van der Waals surface area contributed by atoms with Gasteiger partial charge >= 0.3 is 0 Å². The average Bonchev–Trinajstić information content (AvgIpc) is 2.14. The molecule has 0 heterocycles. The number of nitrogens with one attached hydrogen (secondary N) is 1. The summed E-state index contributed by atoms with van der Waals surface area (Å²) in [6.45, 7) is 4.98. The second-order valence-electron chi connectivity index (χ2n) is 4.48. The first-order valence-corrected chi connectivity index (χ1v) is 5.52. The van der Waals surface area contributed by atoms with Crippen LogP contribution in [0.5, 0.6) is 0 Å². The van der Waals surface area contributed by atoms with Gasteiger partial charge in [0.05, 0.1) is 0 Å². The molecule has 0 bridgehead atoms.